The first-order valence-electron chi connectivity index (χ1n) is 10.9. The molecule has 1 atom stereocenters. The molecule has 1 fully saturated rings. The monoisotopic (exact) mass is 415 g/mol. The quantitative estimate of drug-likeness (QED) is 0.501. The van der Waals surface area contributed by atoms with Gasteiger partial charge in [-0.2, -0.15) is 4.98 Å². The van der Waals surface area contributed by atoms with Crippen LogP contribution in [0.2, 0.25) is 0 Å². The Bertz CT molecular complexity index is 987. The lowest BCUT2D eigenvalue weighted by Crippen LogP contribution is -2.45. The Kier molecular flexibility index (Phi) is 6.77. The second-order valence-corrected chi connectivity index (χ2v) is 8.09. The molecule has 1 aromatic heterocycles. The number of amides is 1. The van der Waals surface area contributed by atoms with Crippen molar-refractivity contribution in [2.24, 2.45) is 0 Å². The summed E-state index contributed by atoms with van der Waals surface area (Å²) in [7, 11) is 0. The van der Waals surface area contributed by atoms with Gasteiger partial charge in [-0.15, -0.1) is 0 Å². The van der Waals surface area contributed by atoms with Gasteiger partial charge >= 0.3 is 0 Å². The van der Waals surface area contributed by atoms with Crippen LogP contribution in [-0.2, 0) is 11.2 Å². The Labute approximate surface area is 183 Å². The molecule has 6 nitrogen and oxygen atoms in total. The standard InChI is InChI=1S/C25H29N5O/c1-18-16-23(30-25(26-18)28-21-12-6-3-7-13-21)29-22(17-19-10-4-2-5-11-19)24(31)27-20-14-8-9-15-20/h2-7,10-13,16,20,22H,8-9,14-15,17H2,1H3,(H,27,31)(H2,26,28,29,30)/t22-/m0/s1. The molecule has 2 aromatic carbocycles. The third kappa shape index (κ3) is 6.04. The van der Waals surface area contributed by atoms with Crippen LogP contribution in [0, 0.1) is 6.92 Å². The summed E-state index contributed by atoms with van der Waals surface area (Å²) in [6.07, 6.45) is 5.07. The average molecular weight is 416 g/mol. The molecule has 1 saturated carbocycles. The van der Waals surface area contributed by atoms with E-state index in [1.165, 1.54) is 12.8 Å². The van der Waals surface area contributed by atoms with Crippen LogP contribution in [0.25, 0.3) is 0 Å². The molecule has 0 radical (unpaired) electrons. The summed E-state index contributed by atoms with van der Waals surface area (Å²) in [4.78, 5) is 22.2. The second kappa shape index (κ2) is 10.1. The number of benzene rings is 2. The second-order valence-electron chi connectivity index (χ2n) is 8.09. The first kappa shape index (κ1) is 20.8. The van der Waals surface area contributed by atoms with E-state index in [1.807, 2.05) is 73.7 Å². The highest BCUT2D eigenvalue weighted by Gasteiger charge is 2.24. The number of anilines is 3. The van der Waals surface area contributed by atoms with Gasteiger partial charge in [-0.25, -0.2) is 4.98 Å². The zero-order valence-electron chi connectivity index (χ0n) is 17.8. The fraction of sp³-hybridized carbons (Fsp3) is 0.320. The van der Waals surface area contributed by atoms with Crippen LogP contribution >= 0.6 is 0 Å². The van der Waals surface area contributed by atoms with Crippen molar-refractivity contribution in [3.63, 3.8) is 0 Å². The third-order valence-electron chi connectivity index (χ3n) is 5.51. The van der Waals surface area contributed by atoms with Gasteiger partial charge in [-0.05, 0) is 37.5 Å². The number of carbonyl (C=O) groups is 1. The lowest BCUT2D eigenvalue weighted by Gasteiger charge is -2.22. The van der Waals surface area contributed by atoms with Gasteiger partial charge in [0, 0.05) is 29.9 Å². The van der Waals surface area contributed by atoms with Crippen LogP contribution < -0.4 is 16.0 Å². The minimum atomic E-state index is -0.415. The van der Waals surface area contributed by atoms with Gasteiger partial charge in [0.15, 0.2) is 0 Å². The lowest BCUT2D eigenvalue weighted by atomic mass is 10.0. The molecule has 1 heterocycles. The molecule has 4 rings (SSSR count). The van der Waals surface area contributed by atoms with Gasteiger partial charge in [0.2, 0.25) is 11.9 Å². The normalized spacial score (nSPS) is 14.7. The smallest absolute Gasteiger partial charge is 0.243 e. The zero-order chi connectivity index (χ0) is 21.5. The van der Waals surface area contributed by atoms with Gasteiger partial charge < -0.3 is 16.0 Å². The Morgan fingerprint density at radius 2 is 1.68 bits per heavy atom. The Morgan fingerprint density at radius 1 is 1.00 bits per heavy atom. The Hall–Kier alpha value is -3.41. The summed E-state index contributed by atoms with van der Waals surface area (Å²) in [5, 5.41) is 9.83. The van der Waals surface area contributed by atoms with E-state index in [9.17, 15) is 4.79 Å². The minimum Gasteiger partial charge on any atom is -0.358 e. The van der Waals surface area contributed by atoms with E-state index in [4.69, 9.17) is 0 Å². The maximum absolute atomic E-state index is 13.1. The van der Waals surface area contributed by atoms with E-state index < -0.39 is 6.04 Å². The maximum Gasteiger partial charge on any atom is 0.243 e. The molecule has 1 aliphatic carbocycles. The lowest BCUT2D eigenvalue weighted by molar-refractivity contribution is -0.122. The highest BCUT2D eigenvalue weighted by Crippen LogP contribution is 2.20. The van der Waals surface area contributed by atoms with E-state index in [0.29, 0.717) is 18.2 Å². The largest absolute Gasteiger partial charge is 0.358 e. The van der Waals surface area contributed by atoms with E-state index in [2.05, 4.69) is 25.9 Å². The highest BCUT2D eigenvalue weighted by molar-refractivity contribution is 5.85. The van der Waals surface area contributed by atoms with E-state index in [1.54, 1.807) is 0 Å². The van der Waals surface area contributed by atoms with Gasteiger partial charge in [0.25, 0.3) is 0 Å². The van der Waals surface area contributed by atoms with E-state index >= 15 is 0 Å². The summed E-state index contributed by atoms with van der Waals surface area (Å²) < 4.78 is 0. The zero-order valence-corrected chi connectivity index (χ0v) is 17.8. The number of hydrogen-bond donors (Lipinski definition) is 3. The van der Waals surface area contributed by atoms with Crippen LogP contribution in [0.4, 0.5) is 17.5 Å². The number of para-hydroxylation sites is 1. The molecule has 3 N–H and O–H groups in total. The van der Waals surface area contributed by atoms with Crippen molar-refractivity contribution in [2.45, 2.75) is 51.1 Å². The number of nitrogens with zero attached hydrogens (tertiary/aromatic N) is 2. The minimum absolute atomic E-state index is 0.0181. The van der Waals surface area contributed by atoms with Crippen molar-refractivity contribution in [3.05, 3.63) is 78.0 Å². The van der Waals surface area contributed by atoms with Crippen LogP contribution in [0.3, 0.4) is 0 Å². The molecule has 1 amide bonds. The molecule has 31 heavy (non-hydrogen) atoms. The fourth-order valence-electron chi connectivity index (χ4n) is 3.96. The van der Waals surface area contributed by atoms with Crippen LogP contribution in [-0.4, -0.2) is 28.0 Å². The molecule has 160 valence electrons. The first-order valence-corrected chi connectivity index (χ1v) is 10.9. The van der Waals surface area contributed by atoms with Crippen molar-refractivity contribution in [1.82, 2.24) is 15.3 Å². The molecule has 0 aliphatic heterocycles. The Balaban J connectivity index is 1.52. The topological polar surface area (TPSA) is 78.9 Å². The van der Waals surface area contributed by atoms with Crippen molar-refractivity contribution in [3.8, 4) is 0 Å². The molecule has 1 aliphatic rings. The predicted octanol–water partition coefficient (Wildman–Crippen LogP) is 4.61. The SMILES string of the molecule is Cc1cc(N[C@@H](Cc2ccccc2)C(=O)NC2CCCC2)nc(Nc2ccccc2)n1. The third-order valence-corrected chi connectivity index (χ3v) is 5.51. The summed E-state index contributed by atoms with van der Waals surface area (Å²) >= 11 is 0. The number of aryl methyl sites for hydroxylation is 1. The van der Waals surface area contributed by atoms with Gasteiger partial charge in [-0.1, -0.05) is 61.4 Å². The number of rotatable bonds is 8. The summed E-state index contributed by atoms with van der Waals surface area (Å²) in [6, 6.07) is 21.6. The van der Waals surface area contributed by atoms with Crippen molar-refractivity contribution in [2.75, 3.05) is 10.6 Å². The van der Waals surface area contributed by atoms with Crippen LogP contribution in [0.1, 0.15) is 36.9 Å². The summed E-state index contributed by atoms with van der Waals surface area (Å²) in [6.45, 7) is 1.92. The summed E-state index contributed by atoms with van der Waals surface area (Å²) in [5.74, 6) is 1.15. The van der Waals surface area contributed by atoms with Crippen LogP contribution in [0.5, 0.6) is 0 Å². The molecule has 0 bridgehead atoms. The van der Waals surface area contributed by atoms with Gasteiger partial charge in [0.05, 0.1) is 0 Å². The number of hydrogen-bond acceptors (Lipinski definition) is 5. The number of nitrogens with one attached hydrogen (secondary N) is 3. The van der Waals surface area contributed by atoms with Gasteiger partial charge in [-0.3, -0.25) is 4.79 Å². The number of aromatic nitrogens is 2. The maximum atomic E-state index is 13.1. The molecule has 3 aromatic rings. The molecular formula is C25H29N5O. The molecular weight excluding hydrogens is 386 g/mol. The molecule has 0 spiro atoms. The van der Waals surface area contributed by atoms with Crippen LogP contribution in [0.15, 0.2) is 66.7 Å². The summed E-state index contributed by atoms with van der Waals surface area (Å²) in [5.41, 5.74) is 2.85. The number of carbonyl (C=O) groups excluding carboxylic acids is 1. The van der Waals surface area contributed by atoms with E-state index in [-0.39, 0.29) is 11.9 Å². The molecule has 0 unspecified atom stereocenters. The van der Waals surface area contributed by atoms with Crippen molar-refractivity contribution < 1.29 is 4.79 Å². The average Bonchev–Trinajstić information content (AvgIpc) is 3.27. The van der Waals surface area contributed by atoms with E-state index in [0.717, 1.165) is 29.8 Å². The fourth-order valence-corrected chi connectivity index (χ4v) is 3.96. The predicted molar refractivity (Wildman–Crippen MR) is 124 cm³/mol. The van der Waals surface area contributed by atoms with Gasteiger partial charge in [0.1, 0.15) is 11.9 Å². The first-order chi connectivity index (χ1) is 15.2. The highest BCUT2D eigenvalue weighted by atomic mass is 16.2. The Morgan fingerprint density at radius 3 is 2.39 bits per heavy atom. The molecule has 6 heteroatoms. The van der Waals surface area contributed by atoms with Crippen molar-refractivity contribution >= 4 is 23.4 Å². The molecule has 0 saturated heterocycles. The van der Waals surface area contributed by atoms with Crippen molar-refractivity contribution in [1.29, 1.82) is 0 Å².